The van der Waals surface area contributed by atoms with E-state index in [9.17, 15) is 9.59 Å². The zero-order valence-corrected chi connectivity index (χ0v) is 17.2. The van der Waals surface area contributed by atoms with Gasteiger partial charge in [-0.05, 0) is 40.8 Å². The summed E-state index contributed by atoms with van der Waals surface area (Å²) in [5.41, 5.74) is 2.88. The molecule has 1 saturated carbocycles. The van der Waals surface area contributed by atoms with Crippen molar-refractivity contribution in [2.24, 2.45) is 11.0 Å². The lowest BCUT2D eigenvalue weighted by atomic mass is 9.86. The molecule has 5 nitrogen and oxygen atoms in total. The third kappa shape index (κ3) is 3.96. The van der Waals surface area contributed by atoms with Gasteiger partial charge >= 0.3 is 5.97 Å². The van der Waals surface area contributed by atoms with E-state index in [-0.39, 0.29) is 30.4 Å². The maximum absolute atomic E-state index is 13.0. The minimum atomic E-state index is -0.294. The summed E-state index contributed by atoms with van der Waals surface area (Å²) < 4.78 is 5.30. The largest absolute Gasteiger partial charge is 0.455 e. The fourth-order valence-corrected chi connectivity index (χ4v) is 4.18. The van der Waals surface area contributed by atoms with Crippen molar-refractivity contribution in [1.82, 2.24) is 5.01 Å². The smallest absolute Gasteiger partial charge is 0.309 e. The Bertz CT molecular complexity index is 1150. The van der Waals surface area contributed by atoms with Crippen molar-refractivity contribution >= 4 is 28.4 Å². The average Bonchev–Trinajstić information content (AvgIpc) is 3.22. The van der Waals surface area contributed by atoms with E-state index in [0.29, 0.717) is 6.42 Å². The lowest BCUT2D eigenvalue weighted by molar-refractivity contribution is -0.158. The molecule has 2 aliphatic rings. The Morgan fingerprint density at radius 1 is 0.935 bits per heavy atom. The van der Waals surface area contributed by atoms with Crippen molar-refractivity contribution < 1.29 is 14.3 Å². The zero-order chi connectivity index (χ0) is 21.2. The second kappa shape index (κ2) is 8.34. The zero-order valence-electron chi connectivity index (χ0n) is 17.2. The van der Waals surface area contributed by atoms with E-state index in [2.05, 4.69) is 29.4 Å². The number of carbonyl (C=O) groups is 2. The third-order valence-corrected chi connectivity index (χ3v) is 6.21. The molecule has 0 saturated heterocycles. The summed E-state index contributed by atoms with van der Waals surface area (Å²) >= 11 is 0. The van der Waals surface area contributed by atoms with Gasteiger partial charge in [0.15, 0.2) is 6.61 Å². The number of amides is 1. The first-order chi connectivity index (χ1) is 15.2. The summed E-state index contributed by atoms with van der Waals surface area (Å²) in [7, 11) is 0. The lowest BCUT2D eigenvalue weighted by Gasteiger charge is -2.25. The number of nitrogens with zero attached hydrogens (tertiary/aromatic N) is 2. The van der Waals surface area contributed by atoms with Crippen LogP contribution in [-0.4, -0.2) is 29.2 Å². The Balaban J connectivity index is 1.40. The quantitative estimate of drug-likeness (QED) is 0.562. The first-order valence-corrected chi connectivity index (χ1v) is 10.8. The highest BCUT2D eigenvalue weighted by molar-refractivity contribution is 6.05. The molecule has 0 N–H and O–H groups in total. The highest BCUT2D eigenvalue weighted by Crippen LogP contribution is 2.33. The van der Waals surface area contributed by atoms with Crippen LogP contribution in [0.5, 0.6) is 0 Å². The average molecular weight is 412 g/mol. The van der Waals surface area contributed by atoms with Crippen LogP contribution in [0.15, 0.2) is 77.9 Å². The number of benzene rings is 3. The van der Waals surface area contributed by atoms with E-state index < -0.39 is 0 Å². The van der Waals surface area contributed by atoms with Crippen LogP contribution in [0, 0.1) is 5.92 Å². The molecule has 0 aromatic heterocycles. The number of rotatable bonds is 5. The molecule has 5 rings (SSSR count). The Labute approximate surface area is 181 Å². The van der Waals surface area contributed by atoms with Crippen molar-refractivity contribution in [2.45, 2.75) is 31.7 Å². The van der Waals surface area contributed by atoms with E-state index in [1.54, 1.807) is 0 Å². The van der Waals surface area contributed by atoms with Crippen LogP contribution in [0.25, 0.3) is 10.8 Å². The van der Waals surface area contributed by atoms with Crippen molar-refractivity contribution in [2.75, 3.05) is 6.61 Å². The summed E-state index contributed by atoms with van der Waals surface area (Å²) in [5, 5.41) is 8.49. The van der Waals surface area contributed by atoms with E-state index in [0.717, 1.165) is 41.5 Å². The highest BCUT2D eigenvalue weighted by atomic mass is 16.5. The van der Waals surface area contributed by atoms with Crippen LogP contribution in [-0.2, 0) is 14.3 Å². The van der Waals surface area contributed by atoms with Gasteiger partial charge in [-0.2, -0.15) is 5.10 Å². The topological polar surface area (TPSA) is 59.0 Å². The minimum absolute atomic E-state index is 0.0482. The summed E-state index contributed by atoms with van der Waals surface area (Å²) in [4.78, 5) is 25.1. The fourth-order valence-electron chi connectivity index (χ4n) is 4.18. The molecule has 3 aromatic rings. The molecule has 1 amide bonds. The summed E-state index contributed by atoms with van der Waals surface area (Å²) in [5.74, 6) is -0.612. The first-order valence-electron chi connectivity index (χ1n) is 10.8. The van der Waals surface area contributed by atoms with Gasteiger partial charge in [-0.25, -0.2) is 5.01 Å². The SMILES string of the molecule is O=C(OCC(=O)N1N=C(c2ccc3ccccc3c2)CC1c1ccccc1)C1CCC1. The molecule has 3 aromatic carbocycles. The highest BCUT2D eigenvalue weighted by Gasteiger charge is 2.34. The Morgan fingerprint density at radius 2 is 1.68 bits per heavy atom. The third-order valence-electron chi connectivity index (χ3n) is 6.21. The van der Waals surface area contributed by atoms with E-state index in [1.807, 2.05) is 48.5 Å². The summed E-state index contributed by atoms with van der Waals surface area (Å²) in [6.45, 7) is -0.271. The lowest BCUT2D eigenvalue weighted by Crippen LogP contribution is -2.33. The summed E-state index contributed by atoms with van der Waals surface area (Å²) in [6.07, 6.45) is 3.38. The van der Waals surface area contributed by atoms with Crippen LogP contribution in [0.1, 0.15) is 42.9 Å². The van der Waals surface area contributed by atoms with Crippen LogP contribution >= 0.6 is 0 Å². The van der Waals surface area contributed by atoms with Gasteiger partial charge in [-0.15, -0.1) is 0 Å². The van der Waals surface area contributed by atoms with Gasteiger partial charge in [0.2, 0.25) is 0 Å². The number of ether oxygens (including phenoxy) is 1. The Morgan fingerprint density at radius 3 is 2.42 bits per heavy atom. The number of esters is 1. The van der Waals surface area contributed by atoms with Gasteiger partial charge in [-0.1, -0.05) is 73.2 Å². The van der Waals surface area contributed by atoms with Crippen LogP contribution in [0.3, 0.4) is 0 Å². The number of carbonyl (C=O) groups excluding carboxylic acids is 2. The number of hydrazone groups is 1. The molecule has 1 fully saturated rings. The molecule has 1 heterocycles. The predicted molar refractivity (Wildman–Crippen MR) is 119 cm³/mol. The Kier molecular flexibility index (Phi) is 5.24. The predicted octanol–water partition coefficient (Wildman–Crippen LogP) is 4.86. The molecule has 156 valence electrons. The molecule has 1 aliphatic carbocycles. The normalized spacial score (nSPS) is 18.5. The van der Waals surface area contributed by atoms with Gasteiger partial charge in [0.25, 0.3) is 5.91 Å². The first kappa shape index (κ1) is 19.5. The monoisotopic (exact) mass is 412 g/mol. The molecule has 5 heteroatoms. The van der Waals surface area contributed by atoms with Gasteiger partial charge in [0.1, 0.15) is 0 Å². The molecule has 1 aliphatic heterocycles. The minimum Gasteiger partial charge on any atom is -0.455 e. The maximum atomic E-state index is 13.0. The fraction of sp³-hybridized carbons (Fsp3) is 0.269. The van der Waals surface area contributed by atoms with Crippen molar-refractivity contribution in [3.05, 3.63) is 83.9 Å². The van der Waals surface area contributed by atoms with E-state index in [1.165, 1.54) is 10.4 Å². The van der Waals surface area contributed by atoms with Crippen LogP contribution < -0.4 is 0 Å². The van der Waals surface area contributed by atoms with Crippen LogP contribution in [0.4, 0.5) is 0 Å². The molecule has 31 heavy (non-hydrogen) atoms. The molecule has 1 atom stereocenters. The van der Waals surface area contributed by atoms with Gasteiger partial charge in [0, 0.05) is 6.42 Å². The number of hydrogen-bond acceptors (Lipinski definition) is 4. The second-order valence-electron chi connectivity index (χ2n) is 8.21. The van der Waals surface area contributed by atoms with Crippen molar-refractivity contribution in [3.8, 4) is 0 Å². The van der Waals surface area contributed by atoms with Gasteiger partial charge < -0.3 is 4.74 Å². The van der Waals surface area contributed by atoms with Crippen molar-refractivity contribution in [1.29, 1.82) is 0 Å². The van der Waals surface area contributed by atoms with Crippen molar-refractivity contribution in [3.63, 3.8) is 0 Å². The number of hydrogen-bond donors (Lipinski definition) is 0. The second-order valence-corrected chi connectivity index (χ2v) is 8.21. The van der Waals surface area contributed by atoms with E-state index >= 15 is 0 Å². The molecular formula is C26H24N2O3. The van der Waals surface area contributed by atoms with Crippen LogP contribution in [0.2, 0.25) is 0 Å². The molecule has 0 spiro atoms. The van der Waals surface area contributed by atoms with E-state index in [4.69, 9.17) is 4.74 Å². The molecule has 0 radical (unpaired) electrons. The Hall–Kier alpha value is -3.47. The molecule has 1 unspecified atom stereocenters. The number of fused-ring (bicyclic) bond motifs is 1. The summed E-state index contributed by atoms with van der Waals surface area (Å²) in [6, 6.07) is 24.1. The van der Waals surface area contributed by atoms with Gasteiger partial charge in [0.05, 0.1) is 17.7 Å². The van der Waals surface area contributed by atoms with Gasteiger partial charge in [-0.3, -0.25) is 9.59 Å². The maximum Gasteiger partial charge on any atom is 0.309 e. The standard InChI is InChI=1S/C26H24N2O3/c29-25(17-31-26(30)20-11-6-12-20)28-24(19-8-2-1-3-9-19)16-23(27-28)22-14-13-18-7-4-5-10-21(18)15-22/h1-5,7-10,13-15,20,24H,6,11-12,16-17H2. The molecular weight excluding hydrogens is 388 g/mol. The molecule has 0 bridgehead atoms.